The smallest absolute Gasteiger partial charge is 0.260 e. The molecule has 4 rings (SSSR count). The van der Waals surface area contributed by atoms with Gasteiger partial charge >= 0.3 is 0 Å². The van der Waals surface area contributed by atoms with Crippen LogP contribution in [-0.4, -0.2) is 32.3 Å². The normalized spacial score (nSPS) is 15.3. The molecule has 1 amide bonds. The standard InChI is InChI=1S/C16H17N5O2/c22-14(18-11-5-1-2-6-11)8-13-19-16(23-21-13)12-7-3-4-10-9-17-20-15(10)12/h3-4,7,9,11H,1-2,5-6,8H2,(H,17,20)(H,18,22). The number of nitrogens with one attached hydrogen (secondary N) is 2. The van der Waals surface area contributed by atoms with Crippen LogP contribution in [0.4, 0.5) is 0 Å². The van der Waals surface area contributed by atoms with Crippen LogP contribution in [0.1, 0.15) is 31.5 Å². The Morgan fingerprint density at radius 2 is 2.22 bits per heavy atom. The molecule has 0 atom stereocenters. The Hall–Kier alpha value is -2.70. The molecule has 0 radical (unpaired) electrons. The van der Waals surface area contributed by atoms with Crippen LogP contribution in [0.2, 0.25) is 0 Å². The van der Waals surface area contributed by atoms with Gasteiger partial charge in [-0.2, -0.15) is 10.1 Å². The average Bonchev–Trinajstić information content (AvgIpc) is 3.27. The van der Waals surface area contributed by atoms with Gasteiger partial charge in [0.15, 0.2) is 5.82 Å². The van der Waals surface area contributed by atoms with E-state index in [1.165, 1.54) is 12.8 Å². The molecule has 1 saturated carbocycles. The van der Waals surface area contributed by atoms with Gasteiger partial charge in [-0.05, 0) is 18.9 Å². The lowest BCUT2D eigenvalue weighted by atomic mass is 10.1. The van der Waals surface area contributed by atoms with Gasteiger partial charge < -0.3 is 9.84 Å². The van der Waals surface area contributed by atoms with Gasteiger partial charge in [0.25, 0.3) is 5.89 Å². The number of hydrogen-bond donors (Lipinski definition) is 2. The Balaban J connectivity index is 1.50. The molecule has 3 aromatic rings. The number of fused-ring (bicyclic) bond motifs is 1. The first-order valence-electron chi connectivity index (χ1n) is 7.84. The summed E-state index contributed by atoms with van der Waals surface area (Å²) >= 11 is 0. The number of nitrogens with zero attached hydrogens (tertiary/aromatic N) is 3. The van der Waals surface area contributed by atoms with Crippen molar-refractivity contribution in [2.24, 2.45) is 0 Å². The maximum Gasteiger partial charge on any atom is 0.260 e. The van der Waals surface area contributed by atoms with E-state index in [4.69, 9.17) is 4.52 Å². The molecular weight excluding hydrogens is 294 g/mol. The van der Waals surface area contributed by atoms with Gasteiger partial charge in [0.05, 0.1) is 23.7 Å². The fourth-order valence-electron chi connectivity index (χ4n) is 3.07. The van der Waals surface area contributed by atoms with Crippen LogP contribution in [0.15, 0.2) is 28.9 Å². The molecule has 2 heterocycles. The summed E-state index contributed by atoms with van der Waals surface area (Å²) in [6.45, 7) is 0. The molecule has 2 aromatic heterocycles. The lowest BCUT2D eigenvalue weighted by molar-refractivity contribution is -0.121. The third kappa shape index (κ3) is 2.81. The third-order valence-electron chi connectivity index (χ3n) is 4.21. The molecule has 118 valence electrons. The number of carbonyl (C=O) groups excluding carboxylic acids is 1. The maximum atomic E-state index is 12.0. The Kier molecular flexibility index (Phi) is 3.53. The summed E-state index contributed by atoms with van der Waals surface area (Å²) in [6, 6.07) is 6.04. The van der Waals surface area contributed by atoms with Gasteiger partial charge in [-0.15, -0.1) is 0 Å². The molecule has 2 N–H and O–H groups in total. The van der Waals surface area contributed by atoms with E-state index in [0.717, 1.165) is 29.3 Å². The number of carbonyl (C=O) groups is 1. The van der Waals surface area contributed by atoms with E-state index in [2.05, 4.69) is 25.7 Å². The monoisotopic (exact) mass is 311 g/mol. The van der Waals surface area contributed by atoms with Crippen molar-refractivity contribution >= 4 is 16.8 Å². The van der Waals surface area contributed by atoms with Crippen molar-refractivity contribution in [2.45, 2.75) is 38.1 Å². The third-order valence-corrected chi connectivity index (χ3v) is 4.21. The van der Waals surface area contributed by atoms with Gasteiger partial charge in [0.1, 0.15) is 0 Å². The zero-order valence-electron chi connectivity index (χ0n) is 12.6. The largest absolute Gasteiger partial charge is 0.353 e. The number of para-hydroxylation sites is 1. The molecule has 23 heavy (non-hydrogen) atoms. The van der Waals surface area contributed by atoms with Gasteiger partial charge in [-0.25, -0.2) is 0 Å². The van der Waals surface area contributed by atoms with E-state index >= 15 is 0 Å². The van der Waals surface area contributed by atoms with Crippen molar-refractivity contribution in [3.05, 3.63) is 30.2 Å². The quantitative estimate of drug-likeness (QED) is 0.770. The molecule has 0 aliphatic heterocycles. The number of hydrogen-bond acceptors (Lipinski definition) is 5. The van der Waals surface area contributed by atoms with E-state index in [9.17, 15) is 4.79 Å². The van der Waals surface area contributed by atoms with E-state index in [-0.39, 0.29) is 12.3 Å². The number of benzene rings is 1. The Labute approximate surface area is 132 Å². The number of aromatic amines is 1. The van der Waals surface area contributed by atoms with Crippen LogP contribution in [-0.2, 0) is 11.2 Å². The molecule has 0 unspecified atom stereocenters. The summed E-state index contributed by atoms with van der Waals surface area (Å²) in [6.07, 6.45) is 6.37. The highest BCUT2D eigenvalue weighted by atomic mass is 16.5. The highest BCUT2D eigenvalue weighted by molar-refractivity contribution is 5.91. The Morgan fingerprint density at radius 1 is 1.35 bits per heavy atom. The van der Waals surface area contributed by atoms with Crippen LogP contribution in [0.3, 0.4) is 0 Å². The summed E-state index contributed by atoms with van der Waals surface area (Å²) < 4.78 is 5.31. The highest BCUT2D eigenvalue weighted by Gasteiger charge is 2.19. The Morgan fingerprint density at radius 3 is 3.09 bits per heavy atom. The van der Waals surface area contributed by atoms with Gasteiger partial charge in [-0.3, -0.25) is 9.89 Å². The van der Waals surface area contributed by atoms with E-state index in [1.807, 2.05) is 18.2 Å². The fourth-order valence-corrected chi connectivity index (χ4v) is 3.07. The minimum Gasteiger partial charge on any atom is -0.353 e. The molecule has 1 fully saturated rings. The lowest BCUT2D eigenvalue weighted by Gasteiger charge is -2.10. The molecular formula is C16H17N5O2. The topological polar surface area (TPSA) is 96.7 Å². The van der Waals surface area contributed by atoms with Crippen LogP contribution in [0, 0.1) is 0 Å². The lowest BCUT2D eigenvalue weighted by Crippen LogP contribution is -2.33. The first kappa shape index (κ1) is 13.9. The van der Waals surface area contributed by atoms with Crippen LogP contribution < -0.4 is 5.32 Å². The van der Waals surface area contributed by atoms with Crippen molar-refractivity contribution < 1.29 is 9.32 Å². The molecule has 0 saturated heterocycles. The summed E-state index contributed by atoms with van der Waals surface area (Å²) in [7, 11) is 0. The fraction of sp³-hybridized carbons (Fsp3) is 0.375. The zero-order valence-corrected chi connectivity index (χ0v) is 12.6. The van der Waals surface area contributed by atoms with Gasteiger partial charge in [0, 0.05) is 11.4 Å². The minimum atomic E-state index is -0.0519. The molecule has 0 spiro atoms. The second kappa shape index (κ2) is 5.83. The summed E-state index contributed by atoms with van der Waals surface area (Å²) in [4.78, 5) is 16.4. The highest BCUT2D eigenvalue weighted by Crippen LogP contribution is 2.25. The summed E-state index contributed by atoms with van der Waals surface area (Å²) in [5, 5.41) is 14.9. The molecule has 7 nitrogen and oxygen atoms in total. The Bertz CT molecular complexity index is 832. The minimum absolute atomic E-state index is 0.0519. The number of aromatic nitrogens is 4. The maximum absolute atomic E-state index is 12.0. The van der Waals surface area contributed by atoms with Crippen molar-refractivity contribution in [3.63, 3.8) is 0 Å². The molecule has 1 aliphatic carbocycles. The van der Waals surface area contributed by atoms with E-state index < -0.39 is 0 Å². The molecule has 1 aliphatic rings. The van der Waals surface area contributed by atoms with Crippen molar-refractivity contribution in [3.8, 4) is 11.5 Å². The predicted molar refractivity (Wildman–Crippen MR) is 83.5 cm³/mol. The second-order valence-corrected chi connectivity index (χ2v) is 5.88. The average molecular weight is 311 g/mol. The number of rotatable bonds is 4. The van der Waals surface area contributed by atoms with Gasteiger partial charge in [0.2, 0.25) is 5.91 Å². The molecule has 0 bridgehead atoms. The van der Waals surface area contributed by atoms with Crippen molar-refractivity contribution in [1.82, 2.24) is 25.7 Å². The SMILES string of the molecule is O=C(Cc1noc(-c2cccc3cn[nH]c23)n1)NC1CCCC1. The van der Waals surface area contributed by atoms with E-state index in [1.54, 1.807) is 6.20 Å². The van der Waals surface area contributed by atoms with Crippen molar-refractivity contribution in [1.29, 1.82) is 0 Å². The predicted octanol–water partition coefficient (Wildman–Crippen LogP) is 2.21. The van der Waals surface area contributed by atoms with Gasteiger partial charge in [-0.1, -0.05) is 30.1 Å². The summed E-state index contributed by atoms with van der Waals surface area (Å²) in [5.74, 6) is 0.736. The van der Waals surface area contributed by atoms with Crippen molar-refractivity contribution in [2.75, 3.05) is 0 Å². The number of amides is 1. The first-order valence-corrected chi connectivity index (χ1v) is 7.84. The molecule has 1 aromatic carbocycles. The zero-order chi connectivity index (χ0) is 15.6. The first-order chi connectivity index (χ1) is 11.3. The van der Waals surface area contributed by atoms with E-state index in [0.29, 0.717) is 17.8 Å². The number of H-pyrrole nitrogens is 1. The van der Waals surface area contributed by atoms with Crippen LogP contribution in [0.25, 0.3) is 22.4 Å². The van der Waals surface area contributed by atoms with Crippen LogP contribution in [0.5, 0.6) is 0 Å². The molecule has 7 heteroatoms. The summed E-state index contributed by atoms with van der Waals surface area (Å²) in [5.41, 5.74) is 1.63. The second-order valence-electron chi connectivity index (χ2n) is 5.88. The van der Waals surface area contributed by atoms with Crippen LogP contribution >= 0.6 is 0 Å².